The van der Waals surface area contributed by atoms with Gasteiger partial charge in [0.2, 0.25) is 0 Å². The standard InChI is InChI=1S/C20H34N2/c1-3-5-7-9-17-11-13-18(14-12-17)20-16-15-19(21-22-20)10-8-6-4-2/h15-18H,3-14H2,1-2H3/t17-,18-. The van der Waals surface area contributed by atoms with E-state index in [1.807, 2.05) is 0 Å². The van der Waals surface area contributed by atoms with Crippen LogP contribution in [0.3, 0.4) is 0 Å². The molecule has 0 bridgehead atoms. The fraction of sp³-hybridized carbons (Fsp3) is 0.800. The van der Waals surface area contributed by atoms with Crippen LogP contribution < -0.4 is 0 Å². The van der Waals surface area contributed by atoms with Crippen molar-refractivity contribution in [1.29, 1.82) is 0 Å². The van der Waals surface area contributed by atoms with Crippen LogP contribution in [-0.4, -0.2) is 10.2 Å². The lowest BCUT2D eigenvalue weighted by Crippen LogP contribution is -2.15. The molecule has 1 aromatic heterocycles. The highest BCUT2D eigenvalue weighted by atomic mass is 15.1. The summed E-state index contributed by atoms with van der Waals surface area (Å²) in [6, 6.07) is 4.46. The Kier molecular flexibility index (Phi) is 7.90. The van der Waals surface area contributed by atoms with Crippen molar-refractivity contribution < 1.29 is 0 Å². The summed E-state index contributed by atoms with van der Waals surface area (Å²) in [5.41, 5.74) is 2.41. The van der Waals surface area contributed by atoms with Crippen LogP contribution in [0.15, 0.2) is 12.1 Å². The summed E-state index contributed by atoms with van der Waals surface area (Å²) in [5.74, 6) is 1.64. The fourth-order valence-electron chi connectivity index (χ4n) is 3.71. The second-order valence-electron chi connectivity index (χ2n) is 7.12. The average molecular weight is 303 g/mol. The molecule has 1 fully saturated rings. The number of rotatable bonds is 9. The quantitative estimate of drug-likeness (QED) is 0.518. The summed E-state index contributed by atoms with van der Waals surface area (Å²) in [6.45, 7) is 4.54. The molecule has 0 amide bonds. The number of aryl methyl sites for hydroxylation is 1. The van der Waals surface area contributed by atoms with Gasteiger partial charge in [-0.1, -0.05) is 52.4 Å². The van der Waals surface area contributed by atoms with Crippen molar-refractivity contribution in [3.63, 3.8) is 0 Å². The van der Waals surface area contributed by atoms with E-state index < -0.39 is 0 Å². The second kappa shape index (κ2) is 9.97. The van der Waals surface area contributed by atoms with Crippen molar-refractivity contribution in [2.45, 2.75) is 96.8 Å². The first-order valence-electron chi connectivity index (χ1n) is 9.66. The van der Waals surface area contributed by atoms with E-state index in [1.54, 1.807) is 0 Å². The number of nitrogens with zero attached hydrogens (tertiary/aromatic N) is 2. The maximum absolute atomic E-state index is 4.53. The molecule has 2 rings (SSSR count). The van der Waals surface area contributed by atoms with E-state index >= 15 is 0 Å². The normalized spacial score (nSPS) is 21.9. The molecule has 2 heteroatoms. The van der Waals surface area contributed by atoms with Gasteiger partial charge in [0.1, 0.15) is 0 Å². The molecule has 1 aliphatic carbocycles. The molecule has 22 heavy (non-hydrogen) atoms. The van der Waals surface area contributed by atoms with E-state index in [2.05, 4.69) is 36.2 Å². The molecule has 0 atom stereocenters. The van der Waals surface area contributed by atoms with Gasteiger partial charge in [-0.3, -0.25) is 0 Å². The predicted octanol–water partition coefficient (Wildman–Crippen LogP) is 6.06. The second-order valence-corrected chi connectivity index (χ2v) is 7.12. The molecule has 1 aromatic rings. The Bertz CT molecular complexity index is 391. The van der Waals surface area contributed by atoms with E-state index in [0.717, 1.165) is 12.3 Å². The molecule has 0 N–H and O–H groups in total. The van der Waals surface area contributed by atoms with Crippen LogP contribution in [0.25, 0.3) is 0 Å². The van der Waals surface area contributed by atoms with Crippen LogP contribution in [0.5, 0.6) is 0 Å². The third-order valence-electron chi connectivity index (χ3n) is 5.26. The SMILES string of the molecule is CCCCCc1ccc([C@H]2CC[C@H](CCCCC)CC2)nn1. The van der Waals surface area contributed by atoms with E-state index in [0.29, 0.717) is 5.92 Å². The van der Waals surface area contributed by atoms with Crippen molar-refractivity contribution in [1.82, 2.24) is 10.2 Å². The third-order valence-corrected chi connectivity index (χ3v) is 5.26. The summed E-state index contributed by atoms with van der Waals surface area (Å²) in [4.78, 5) is 0. The minimum absolute atomic E-state index is 0.666. The summed E-state index contributed by atoms with van der Waals surface area (Å²) >= 11 is 0. The lowest BCUT2D eigenvalue weighted by Gasteiger charge is -2.28. The topological polar surface area (TPSA) is 25.8 Å². The number of aromatic nitrogens is 2. The Hall–Kier alpha value is -0.920. The molecule has 1 aliphatic rings. The van der Waals surface area contributed by atoms with Crippen LogP contribution in [0, 0.1) is 5.92 Å². The molecular weight excluding hydrogens is 268 g/mol. The summed E-state index contributed by atoms with van der Waals surface area (Å²) in [5, 5.41) is 8.99. The fourth-order valence-corrected chi connectivity index (χ4v) is 3.71. The van der Waals surface area contributed by atoms with Crippen molar-refractivity contribution in [2.24, 2.45) is 5.92 Å². The van der Waals surface area contributed by atoms with Crippen molar-refractivity contribution >= 4 is 0 Å². The first-order valence-corrected chi connectivity index (χ1v) is 9.66. The van der Waals surface area contributed by atoms with Gasteiger partial charge in [0.25, 0.3) is 0 Å². The summed E-state index contributed by atoms with van der Waals surface area (Å²) in [6.07, 6.45) is 16.0. The third kappa shape index (κ3) is 5.70. The predicted molar refractivity (Wildman–Crippen MR) is 94.1 cm³/mol. The summed E-state index contributed by atoms with van der Waals surface area (Å²) in [7, 11) is 0. The Morgan fingerprint density at radius 2 is 1.59 bits per heavy atom. The number of unbranched alkanes of at least 4 members (excludes halogenated alkanes) is 4. The highest BCUT2D eigenvalue weighted by Gasteiger charge is 2.23. The lowest BCUT2D eigenvalue weighted by molar-refractivity contribution is 0.299. The molecule has 124 valence electrons. The van der Waals surface area contributed by atoms with Gasteiger partial charge in [0.05, 0.1) is 11.4 Å². The van der Waals surface area contributed by atoms with E-state index in [1.165, 1.54) is 82.0 Å². The minimum atomic E-state index is 0.666. The molecule has 0 unspecified atom stereocenters. The first kappa shape index (κ1) is 17.4. The van der Waals surface area contributed by atoms with Gasteiger partial charge >= 0.3 is 0 Å². The molecule has 0 spiro atoms. The Morgan fingerprint density at radius 1 is 0.864 bits per heavy atom. The molecule has 2 nitrogen and oxygen atoms in total. The Labute approximate surface area is 137 Å². The number of hydrogen-bond acceptors (Lipinski definition) is 2. The van der Waals surface area contributed by atoms with Crippen molar-refractivity contribution in [2.75, 3.05) is 0 Å². The molecule has 1 saturated carbocycles. The van der Waals surface area contributed by atoms with Crippen LogP contribution in [-0.2, 0) is 6.42 Å². The van der Waals surface area contributed by atoms with Crippen LogP contribution >= 0.6 is 0 Å². The molecule has 0 aromatic carbocycles. The molecule has 1 heterocycles. The van der Waals surface area contributed by atoms with Crippen molar-refractivity contribution in [3.05, 3.63) is 23.5 Å². The lowest BCUT2D eigenvalue weighted by atomic mass is 9.78. The minimum Gasteiger partial charge on any atom is -0.155 e. The van der Waals surface area contributed by atoms with Crippen LogP contribution in [0.1, 0.15) is 102 Å². The largest absolute Gasteiger partial charge is 0.155 e. The number of hydrogen-bond donors (Lipinski definition) is 0. The van der Waals surface area contributed by atoms with Crippen LogP contribution in [0.4, 0.5) is 0 Å². The summed E-state index contributed by atoms with van der Waals surface area (Å²) < 4.78 is 0. The molecular formula is C20H34N2. The maximum Gasteiger partial charge on any atom is 0.0662 e. The van der Waals surface area contributed by atoms with Gasteiger partial charge in [0.15, 0.2) is 0 Å². The highest BCUT2D eigenvalue weighted by Crippen LogP contribution is 2.36. The van der Waals surface area contributed by atoms with Gasteiger partial charge in [-0.15, -0.1) is 0 Å². The van der Waals surface area contributed by atoms with Gasteiger partial charge in [0, 0.05) is 5.92 Å². The van der Waals surface area contributed by atoms with E-state index in [4.69, 9.17) is 0 Å². The smallest absolute Gasteiger partial charge is 0.0662 e. The first-order chi connectivity index (χ1) is 10.8. The zero-order chi connectivity index (χ0) is 15.6. The highest BCUT2D eigenvalue weighted by molar-refractivity contribution is 5.12. The van der Waals surface area contributed by atoms with Gasteiger partial charge in [-0.2, -0.15) is 10.2 Å². The monoisotopic (exact) mass is 302 g/mol. The molecule has 0 saturated heterocycles. The molecule has 0 aliphatic heterocycles. The van der Waals surface area contributed by atoms with Gasteiger partial charge < -0.3 is 0 Å². The zero-order valence-corrected chi connectivity index (χ0v) is 14.7. The van der Waals surface area contributed by atoms with Crippen LogP contribution in [0.2, 0.25) is 0 Å². The maximum atomic E-state index is 4.53. The van der Waals surface area contributed by atoms with Crippen molar-refractivity contribution in [3.8, 4) is 0 Å². The Balaban J connectivity index is 1.74. The zero-order valence-electron chi connectivity index (χ0n) is 14.7. The van der Waals surface area contributed by atoms with Gasteiger partial charge in [-0.25, -0.2) is 0 Å². The van der Waals surface area contributed by atoms with E-state index in [9.17, 15) is 0 Å². The Morgan fingerprint density at radius 3 is 2.23 bits per heavy atom. The molecule has 0 radical (unpaired) electrons. The van der Waals surface area contributed by atoms with Gasteiger partial charge in [-0.05, 0) is 56.6 Å². The average Bonchev–Trinajstić information content (AvgIpc) is 2.57. The van der Waals surface area contributed by atoms with E-state index in [-0.39, 0.29) is 0 Å².